The average Bonchev–Trinajstić information content (AvgIpc) is 2.15. The Morgan fingerprint density at radius 1 is 1.42 bits per heavy atom. The van der Waals surface area contributed by atoms with Crippen molar-refractivity contribution in [2.75, 3.05) is 12.4 Å². The average molecular weight is 183 g/mol. The van der Waals surface area contributed by atoms with Crippen LogP contribution in [-0.4, -0.2) is 17.5 Å². The smallest absolute Gasteiger partial charge is 0.0525 e. The number of nitrogens with two attached hydrogens (primary N) is 1. The molecule has 0 aliphatic carbocycles. The van der Waals surface area contributed by atoms with Gasteiger partial charge in [-0.2, -0.15) is 0 Å². The first-order valence-corrected chi connectivity index (χ1v) is 4.88. The van der Waals surface area contributed by atoms with Gasteiger partial charge in [-0.25, -0.2) is 0 Å². The summed E-state index contributed by atoms with van der Waals surface area (Å²) in [5, 5.41) is 8.61. The van der Waals surface area contributed by atoms with Crippen molar-refractivity contribution >= 4 is 11.8 Å². The van der Waals surface area contributed by atoms with Gasteiger partial charge in [0.15, 0.2) is 0 Å². The second-order valence-corrected chi connectivity index (χ2v) is 3.59. The van der Waals surface area contributed by atoms with E-state index in [4.69, 9.17) is 10.8 Å². The summed E-state index contributed by atoms with van der Waals surface area (Å²) < 4.78 is 0. The summed E-state index contributed by atoms with van der Waals surface area (Å²) in [6.07, 6.45) is 0. The SMILES string of the molecule is NCc1cccc(SCCO)c1. The Morgan fingerprint density at radius 2 is 2.25 bits per heavy atom. The Hall–Kier alpha value is -0.510. The van der Waals surface area contributed by atoms with Gasteiger partial charge in [-0.1, -0.05) is 12.1 Å². The Labute approximate surface area is 76.8 Å². The molecule has 66 valence electrons. The van der Waals surface area contributed by atoms with Gasteiger partial charge in [-0.15, -0.1) is 11.8 Å². The van der Waals surface area contributed by atoms with Gasteiger partial charge in [0.25, 0.3) is 0 Å². The number of aliphatic hydroxyl groups excluding tert-OH is 1. The number of hydrogen-bond donors (Lipinski definition) is 2. The van der Waals surface area contributed by atoms with Crippen molar-refractivity contribution in [1.82, 2.24) is 0 Å². The van der Waals surface area contributed by atoms with Gasteiger partial charge in [0, 0.05) is 17.2 Å². The zero-order valence-electron chi connectivity index (χ0n) is 6.86. The van der Waals surface area contributed by atoms with Gasteiger partial charge in [0.05, 0.1) is 6.61 Å². The van der Waals surface area contributed by atoms with E-state index in [-0.39, 0.29) is 6.61 Å². The van der Waals surface area contributed by atoms with Crippen molar-refractivity contribution in [3.05, 3.63) is 29.8 Å². The van der Waals surface area contributed by atoms with Gasteiger partial charge in [-0.05, 0) is 17.7 Å². The van der Waals surface area contributed by atoms with E-state index in [0.717, 1.165) is 11.3 Å². The molecule has 0 aromatic heterocycles. The molecule has 0 heterocycles. The third-order valence-electron chi connectivity index (χ3n) is 1.49. The molecular formula is C9H13NOS. The lowest BCUT2D eigenvalue weighted by Gasteiger charge is -2.01. The molecule has 0 aliphatic heterocycles. The molecule has 0 bridgehead atoms. The van der Waals surface area contributed by atoms with E-state index in [0.29, 0.717) is 6.54 Å². The summed E-state index contributed by atoms with van der Waals surface area (Å²) in [7, 11) is 0. The number of benzene rings is 1. The highest BCUT2D eigenvalue weighted by Crippen LogP contribution is 2.18. The number of hydrogen-bond acceptors (Lipinski definition) is 3. The van der Waals surface area contributed by atoms with Crippen molar-refractivity contribution in [1.29, 1.82) is 0 Å². The molecule has 0 spiro atoms. The van der Waals surface area contributed by atoms with Gasteiger partial charge in [0.1, 0.15) is 0 Å². The first-order chi connectivity index (χ1) is 5.86. The lowest BCUT2D eigenvalue weighted by Crippen LogP contribution is -1.95. The van der Waals surface area contributed by atoms with Gasteiger partial charge in [-0.3, -0.25) is 0 Å². The molecule has 0 saturated heterocycles. The van der Waals surface area contributed by atoms with E-state index in [2.05, 4.69) is 6.07 Å². The normalized spacial score (nSPS) is 10.2. The number of thioether (sulfide) groups is 1. The standard InChI is InChI=1S/C9H13NOS/c10-7-8-2-1-3-9(6-8)12-5-4-11/h1-3,6,11H,4-5,7,10H2. The first kappa shape index (κ1) is 9.58. The van der Waals surface area contributed by atoms with Crippen LogP contribution >= 0.6 is 11.8 Å². The molecule has 2 nitrogen and oxygen atoms in total. The molecule has 1 rings (SSSR count). The maximum atomic E-state index is 8.61. The van der Waals surface area contributed by atoms with Crippen LogP contribution in [0.3, 0.4) is 0 Å². The fourth-order valence-electron chi connectivity index (χ4n) is 0.926. The maximum absolute atomic E-state index is 8.61. The fourth-order valence-corrected chi connectivity index (χ4v) is 1.66. The third-order valence-corrected chi connectivity index (χ3v) is 2.47. The van der Waals surface area contributed by atoms with Crippen LogP contribution in [0.2, 0.25) is 0 Å². The number of rotatable bonds is 4. The third kappa shape index (κ3) is 2.85. The minimum absolute atomic E-state index is 0.220. The number of aliphatic hydroxyl groups is 1. The summed E-state index contributed by atoms with van der Waals surface area (Å²) in [6, 6.07) is 8.07. The van der Waals surface area contributed by atoms with Crippen molar-refractivity contribution in [3.63, 3.8) is 0 Å². The van der Waals surface area contributed by atoms with Crippen molar-refractivity contribution in [2.24, 2.45) is 5.73 Å². The minimum atomic E-state index is 0.220. The highest BCUT2D eigenvalue weighted by Gasteiger charge is 1.94. The summed E-state index contributed by atoms with van der Waals surface area (Å²) in [4.78, 5) is 1.17. The maximum Gasteiger partial charge on any atom is 0.0525 e. The molecule has 1 aromatic carbocycles. The summed E-state index contributed by atoms with van der Waals surface area (Å²) >= 11 is 1.64. The van der Waals surface area contributed by atoms with Crippen molar-refractivity contribution in [3.8, 4) is 0 Å². The summed E-state index contributed by atoms with van der Waals surface area (Å²) in [5.74, 6) is 0.744. The van der Waals surface area contributed by atoms with Crippen LogP contribution in [0.25, 0.3) is 0 Å². The van der Waals surface area contributed by atoms with E-state index in [9.17, 15) is 0 Å². The largest absolute Gasteiger partial charge is 0.396 e. The Morgan fingerprint density at radius 3 is 2.92 bits per heavy atom. The van der Waals surface area contributed by atoms with Crippen LogP contribution in [-0.2, 0) is 6.54 Å². The van der Waals surface area contributed by atoms with Gasteiger partial charge in [0.2, 0.25) is 0 Å². The summed E-state index contributed by atoms with van der Waals surface area (Å²) in [5.41, 5.74) is 6.63. The van der Waals surface area contributed by atoms with Crippen molar-refractivity contribution < 1.29 is 5.11 Å². The monoisotopic (exact) mass is 183 g/mol. The summed E-state index contributed by atoms with van der Waals surface area (Å²) in [6.45, 7) is 0.797. The minimum Gasteiger partial charge on any atom is -0.396 e. The van der Waals surface area contributed by atoms with E-state index >= 15 is 0 Å². The molecule has 0 amide bonds. The molecule has 0 saturated carbocycles. The first-order valence-electron chi connectivity index (χ1n) is 3.89. The molecule has 0 radical (unpaired) electrons. The zero-order valence-corrected chi connectivity index (χ0v) is 7.68. The van der Waals surface area contributed by atoms with Crippen LogP contribution in [0, 0.1) is 0 Å². The predicted molar refractivity (Wildman–Crippen MR) is 52.1 cm³/mol. The Bertz CT molecular complexity index is 240. The molecule has 0 unspecified atom stereocenters. The van der Waals surface area contributed by atoms with Crippen LogP contribution in [0.4, 0.5) is 0 Å². The van der Waals surface area contributed by atoms with Crippen LogP contribution < -0.4 is 5.73 Å². The van der Waals surface area contributed by atoms with Crippen molar-refractivity contribution in [2.45, 2.75) is 11.4 Å². The predicted octanol–water partition coefficient (Wildman–Crippen LogP) is 1.23. The highest BCUT2D eigenvalue weighted by molar-refractivity contribution is 7.99. The molecule has 3 N–H and O–H groups in total. The van der Waals surface area contributed by atoms with Gasteiger partial charge >= 0.3 is 0 Å². The fraction of sp³-hybridized carbons (Fsp3) is 0.333. The second kappa shape index (κ2) is 5.19. The van der Waals surface area contributed by atoms with E-state index in [1.54, 1.807) is 11.8 Å². The molecule has 12 heavy (non-hydrogen) atoms. The van der Waals surface area contributed by atoms with Gasteiger partial charge < -0.3 is 10.8 Å². The highest BCUT2D eigenvalue weighted by atomic mass is 32.2. The van der Waals surface area contributed by atoms with Crippen LogP contribution in [0.1, 0.15) is 5.56 Å². The molecule has 0 fully saturated rings. The second-order valence-electron chi connectivity index (χ2n) is 2.42. The molecule has 0 atom stereocenters. The van der Waals surface area contributed by atoms with E-state index in [1.165, 1.54) is 4.90 Å². The Balaban J connectivity index is 2.60. The lowest BCUT2D eigenvalue weighted by molar-refractivity contribution is 0.322. The molecule has 3 heteroatoms. The van der Waals surface area contributed by atoms with Crippen LogP contribution in [0.15, 0.2) is 29.2 Å². The zero-order chi connectivity index (χ0) is 8.81. The molecular weight excluding hydrogens is 170 g/mol. The quantitative estimate of drug-likeness (QED) is 0.690. The Kier molecular flexibility index (Phi) is 4.14. The molecule has 0 aliphatic rings. The molecule has 1 aromatic rings. The van der Waals surface area contributed by atoms with Crippen LogP contribution in [0.5, 0.6) is 0 Å². The lowest BCUT2D eigenvalue weighted by atomic mass is 10.2. The van der Waals surface area contributed by atoms with E-state index in [1.807, 2.05) is 18.2 Å². The topological polar surface area (TPSA) is 46.2 Å². The van der Waals surface area contributed by atoms with E-state index < -0.39 is 0 Å².